The fourth-order valence-electron chi connectivity index (χ4n) is 0.437. The smallest absolute Gasteiger partial charge is 0.331 e. The Labute approximate surface area is 70.3 Å². The number of hydrogen-bond donors (Lipinski definition) is 0. The predicted molar refractivity (Wildman–Crippen MR) is 34.0 cm³/mol. The summed E-state index contributed by atoms with van der Waals surface area (Å²) in [7, 11) is 0. The SMILES string of the molecule is [CH2-]C(=O)c1cccs1.[Li+]. The van der Waals surface area contributed by atoms with E-state index >= 15 is 0 Å². The van der Waals surface area contributed by atoms with Gasteiger partial charge in [0.2, 0.25) is 0 Å². The third-order valence-electron chi connectivity index (χ3n) is 0.796. The van der Waals surface area contributed by atoms with Gasteiger partial charge in [-0.2, -0.15) is 6.92 Å². The molecule has 0 saturated carbocycles. The Kier molecular flexibility index (Phi) is 3.72. The number of ketones is 1. The number of thiophene rings is 1. The topological polar surface area (TPSA) is 17.1 Å². The molecular formula is C6H5LiOS. The van der Waals surface area contributed by atoms with Crippen LogP contribution in [0.3, 0.4) is 0 Å². The van der Waals surface area contributed by atoms with Gasteiger partial charge in [0.25, 0.3) is 0 Å². The molecule has 0 saturated heterocycles. The van der Waals surface area contributed by atoms with Crippen molar-refractivity contribution in [2.24, 2.45) is 0 Å². The molecule has 0 aliphatic heterocycles. The van der Waals surface area contributed by atoms with Crippen LogP contribution in [-0.2, 0) is 0 Å². The molecule has 0 N–H and O–H groups in total. The molecule has 1 heterocycles. The monoisotopic (exact) mass is 132 g/mol. The molecule has 0 amide bonds. The van der Waals surface area contributed by atoms with E-state index in [0.717, 1.165) is 4.88 Å². The molecule has 0 fully saturated rings. The van der Waals surface area contributed by atoms with Gasteiger partial charge in [0.05, 0.1) is 0 Å². The van der Waals surface area contributed by atoms with Gasteiger partial charge < -0.3 is 4.79 Å². The van der Waals surface area contributed by atoms with Gasteiger partial charge in [0, 0.05) is 5.78 Å². The van der Waals surface area contributed by atoms with E-state index in [-0.39, 0.29) is 24.6 Å². The van der Waals surface area contributed by atoms with Crippen molar-refractivity contribution in [3.05, 3.63) is 29.3 Å². The van der Waals surface area contributed by atoms with Crippen LogP contribution in [0.2, 0.25) is 0 Å². The third-order valence-corrected chi connectivity index (χ3v) is 1.71. The second kappa shape index (κ2) is 3.79. The van der Waals surface area contributed by atoms with E-state index in [1.165, 1.54) is 11.3 Å². The molecule has 0 aliphatic carbocycles. The van der Waals surface area contributed by atoms with Gasteiger partial charge in [-0.25, -0.2) is 11.3 Å². The van der Waals surface area contributed by atoms with Crippen LogP contribution < -0.4 is 18.9 Å². The summed E-state index contributed by atoms with van der Waals surface area (Å²) < 4.78 is 0. The van der Waals surface area contributed by atoms with Gasteiger partial charge in [-0.05, 0) is 5.38 Å². The van der Waals surface area contributed by atoms with Crippen molar-refractivity contribution in [2.75, 3.05) is 0 Å². The van der Waals surface area contributed by atoms with Crippen LogP contribution in [0.15, 0.2) is 17.5 Å². The number of carbonyl (C=O) groups is 1. The average Bonchev–Trinajstić information content (AvgIpc) is 2.12. The summed E-state index contributed by atoms with van der Waals surface area (Å²) in [5, 5.41) is 1.86. The molecule has 0 radical (unpaired) electrons. The molecule has 42 valence electrons. The van der Waals surface area contributed by atoms with E-state index in [1.807, 2.05) is 11.4 Å². The van der Waals surface area contributed by atoms with Gasteiger partial charge >= 0.3 is 18.9 Å². The van der Waals surface area contributed by atoms with Gasteiger partial charge in [-0.15, -0.1) is 6.07 Å². The summed E-state index contributed by atoms with van der Waals surface area (Å²) >= 11 is 1.42. The van der Waals surface area contributed by atoms with E-state index in [4.69, 9.17) is 0 Å². The van der Waals surface area contributed by atoms with E-state index in [0.29, 0.717) is 0 Å². The number of rotatable bonds is 1. The predicted octanol–water partition coefficient (Wildman–Crippen LogP) is -1.23. The van der Waals surface area contributed by atoms with Crippen molar-refractivity contribution in [3.63, 3.8) is 0 Å². The first kappa shape index (κ1) is 8.84. The molecule has 0 bridgehead atoms. The van der Waals surface area contributed by atoms with Gasteiger partial charge in [-0.3, -0.25) is 0 Å². The van der Waals surface area contributed by atoms with Gasteiger partial charge in [-0.1, -0.05) is 10.9 Å². The molecule has 0 aliphatic rings. The summed E-state index contributed by atoms with van der Waals surface area (Å²) in [5.41, 5.74) is 0. The first-order valence-electron chi connectivity index (χ1n) is 2.20. The summed E-state index contributed by atoms with van der Waals surface area (Å²) in [4.78, 5) is 11.1. The van der Waals surface area contributed by atoms with Crippen LogP contribution >= 0.6 is 11.3 Å². The zero-order valence-electron chi connectivity index (χ0n) is 5.26. The zero-order valence-corrected chi connectivity index (χ0v) is 6.07. The second-order valence-corrected chi connectivity index (χ2v) is 2.35. The minimum atomic E-state index is -0.0972. The van der Waals surface area contributed by atoms with Crippen LogP contribution in [0.1, 0.15) is 9.67 Å². The second-order valence-electron chi connectivity index (χ2n) is 1.40. The van der Waals surface area contributed by atoms with E-state index in [1.54, 1.807) is 6.07 Å². The van der Waals surface area contributed by atoms with E-state index in [2.05, 4.69) is 6.92 Å². The molecule has 3 heteroatoms. The molecule has 1 aromatic heterocycles. The Morgan fingerprint density at radius 3 is 2.56 bits per heavy atom. The molecule has 0 aromatic carbocycles. The first-order valence-corrected chi connectivity index (χ1v) is 3.08. The standard InChI is InChI=1S/C6H5OS.Li/c1-5(7)6-3-2-4-8-6;/h2-4H,1H2;/q-1;+1. The number of Topliss-reactive ketones (excluding diaryl/α,β-unsaturated/α-hetero) is 1. The fourth-order valence-corrected chi connectivity index (χ4v) is 1.03. The van der Waals surface area contributed by atoms with Crippen molar-refractivity contribution >= 4 is 17.1 Å². The Bertz CT molecular complexity index is 181. The maximum Gasteiger partial charge on any atom is 1.00 e. The molecule has 0 unspecified atom stereocenters. The molecule has 0 spiro atoms. The zero-order chi connectivity index (χ0) is 5.98. The van der Waals surface area contributed by atoms with Gasteiger partial charge in [0.1, 0.15) is 0 Å². The molecule has 1 nitrogen and oxygen atoms in total. The maximum atomic E-state index is 10.4. The maximum absolute atomic E-state index is 10.4. The summed E-state index contributed by atoms with van der Waals surface area (Å²) in [6.07, 6.45) is 0. The van der Waals surface area contributed by atoms with Crippen molar-refractivity contribution in [3.8, 4) is 0 Å². The normalized spacial score (nSPS) is 8.00. The summed E-state index contributed by atoms with van der Waals surface area (Å²) in [5.74, 6) is -0.0972. The molecular weight excluding hydrogens is 127 g/mol. The third kappa shape index (κ3) is 2.27. The number of carbonyl (C=O) groups excluding carboxylic acids is 1. The van der Waals surface area contributed by atoms with E-state index in [9.17, 15) is 4.79 Å². The van der Waals surface area contributed by atoms with Gasteiger partial charge in [0.15, 0.2) is 0 Å². The molecule has 0 atom stereocenters. The Balaban J connectivity index is 0.000000640. The minimum Gasteiger partial charge on any atom is -0.331 e. The van der Waals surface area contributed by atoms with Crippen molar-refractivity contribution in [1.29, 1.82) is 0 Å². The van der Waals surface area contributed by atoms with Crippen LogP contribution in [0.5, 0.6) is 0 Å². The summed E-state index contributed by atoms with van der Waals surface area (Å²) in [6.45, 7) is 3.25. The quantitative estimate of drug-likeness (QED) is 0.265. The van der Waals surface area contributed by atoms with Crippen LogP contribution in [-0.4, -0.2) is 5.78 Å². The Morgan fingerprint density at radius 2 is 2.33 bits per heavy atom. The van der Waals surface area contributed by atoms with Crippen LogP contribution in [0.4, 0.5) is 0 Å². The average molecular weight is 132 g/mol. The van der Waals surface area contributed by atoms with Crippen molar-refractivity contribution in [1.82, 2.24) is 0 Å². The van der Waals surface area contributed by atoms with Crippen molar-refractivity contribution < 1.29 is 23.7 Å². The molecule has 1 aromatic rings. The molecule has 1 rings (SSSR count). The van der Waals surface area contributed by atoms with Crippen LogP contribution in [0, 0.1) is 6.92 Å². The van der Waals surface area contributed by atoms with Crippen LogP contribution in [0.25, 0.3) is 0 Å². The largest absolute Gasteiger partial charge is 1.00 e. The Hall–Kier alpha value is -0.163. The minimum absolute atomic E-state index is 0. The molecule has 9 heavy (non-hydrogen) atoms. The fraction of sp³-hybridized carbons (Fsp3) is 0. The first-order chi connectivity index (χ1) is 3.80. The van der Waals surface area contributed by atoms with Crippen molar-refractivity contribution in [2.45, 2.75) is 0 Å². The Morgan fingerprint density at radius 1 is 1.67 bits per heavy atom. The van der Waals surface area contributed by atoms with E-state index < -0.39 is 0 Å². The number of hydrogen-bond acceptors (Lipinski definition) is 2. The summed E-state index contributed by atoms with van der Waals surface area (Å²) in [6, 6.07) is 3.60.